The van der Waals surface area contributed by atoms with Gasteiger partial charge in [0.1, 0.15) is 0 Å². The van der Waals surface area contributed by atoms with Crippen LogP contribution >= 0.6 is 0 Å². The van der Waals surface area contributed by atoms with Crippen LogP contribution in [-0.2, 0) is 6.54 Å². The summed E-state index contributed by atoms with van der Waals surface area (Å²) in [5, 5.41) is 3.43. The van der Waals surface area contributed by atoms with Crippen molar-refractivity contribution in [2.75, 3.05) is 31.6 Å². The molecule has 21 heavy (non-hydrogen) atoms. The van der Waals surface area contributed by atoms with Crippen LogP contribution in [0, 0.1) is 0 Å². The Bertz CT molecular complexity index is 425. The summed E-state index contributed by atoms with van der Waals surface area (Å²) in [4.78, 5) is 9.44. The van der Waals surface area contributed by atoms with Gasteiger partial charge in [-0.25, -0.2) is 0 Å². The van der Waals surface area contributed by atoms with E-state index in [9.17, 15) is 0 Å². The van der Waals surface area contributed by atoms with Crippen LogP contribution in [0.25, 0.3) is 0 Å². The van der Waals surface area contributed by atoms with Gasteiger partial charge in [-0.05, 0) is 31.5 Å². The predicted octanol–water partition coefficient (Wildman–Crippen LogP) is 2.50. The van der Waals surface area contributed by atoms with Crippen molar-refractivity contribution in [3.05, 3.63) is 24.0 Å². The van der Waals surface area contributed by atoms with Crippen molar-refractivity contribution in [2.24, 2.45) is 0 Å². The van der Waals surface area contributed by atoms with E-state index in [4.69, 9.17) is 0 Å². The lowest BCUT2D eigenvalue weighted by Crippen LogP contribution is -2.43. The van der Waals surface area contributed by atoms with Crippen molar-refractivity contribution in [2.45, 2.75) is 52.2 Å². The summed E-state index contributed by atoms with van der Waals surface area (Å²) in [7, 11) is 2.22. The SMILES string of the molecule is CCN1CCC(N(C)c2ccnc(CNC(C)C)c2)CC1. The van der Waals surface area contributed by atoms with Crippen molar-refractivity contribution in [1.82, 2.24) is 15.2 Å². The first kappa shape index (κ1) is 16.2. The highest BCUT2D eigenvalue weighted by Gasteiger charge is 2.21. The summed E-state index contributed by atoms with van der Waals surface area (Å²) in [6.07, 6.45) is 4.45. The number of rotatable bonds is 6. The normalized spacial score (nSPS) is 17.4. The molecule has 1 N–H and O–H groups in total. The van der Waals surface area contributed by atoms with Crippen LogP contribution in [0.15, 0.2) is 18.3 Å². The number of hydrogen-bond acceptors (Lipinski definition) is 4. The first-order valence-corrected chi connectivity index (χ1v) is 8.23. The van der Waals surface area contributed by atoms with Gasteiger partial charge in [-0.2, -0.15) is 0 Å². The van der Waals surface area contributed by atoms with E-state index < -0.39 is 0 Å². The Balaban J connectivity index is 1.95. The maximum absolute atomic E-state index is 4.47. The zero-order chi connectivity index (χ0) is 15.2. The van der Waals surface area contributed by atoms with Crippen LogP contribution in [-0.4, -0.2) is 48.6 Å². The fourth-order valence-electron chi connectivity index (χ4n) is 2.92. The average Bonchev–Trinajstić information content (AvgIpc) is 2.52. The molecule has 2 rings (SSSR count). The minimum absolute atomic E-state index is 0.492. The molecular formula is C17H30N4. The third-order valence-corrected chi connectivity index (χ3v) is 4.45. The highest BCUT2D eigenvalue weighted by Crippen LogP contribution is 2.22. The molecule has 2 heterocycles. The molecule has 1 aliphatic rings. The summed E-state index contributed by atoms with van der Waals surface area (Å²) in [5.41, 5.74) is 2.42. The van der Waals surface area contributed by atoms with Gasteiger partial charge in [-0.15, -0.1) is 0 Å². The summed E-state index contributed by atoms with van der Waals surface area (Å²) in [6, 6.07) is 5.50. The van der Waals surface area contributed by atoms with E-state index >= 15 is 0 Å². The fourth-order valence-corrected chi connectivity index (χ4v) is 2.92. The van der Waals surface area contributed by atoms with Crippen molar-refractivity contribution in [1.29, 1.82) is 0 Å². The Hall–Kier alpha value is -1.13. The number of anilines is 1. The number of likely N-dealkylation sites (tertiary alicyclic amines) is 1. The van der Waals surface area contributed by atoms with Gasteiger partial charge in [0.15, 0.2) is 0 Å². The quantitative estimate of drug-likeness (QED) is 0.872. The molecule has 0 spiro atoms. The Morgan fingerprint density at radius 1 is 1.38 bits per heavy atom. The topological polar surface area (TPSA) is 31.4 Å². The lowest BCUT2D eigenvalue weighted by atomic mass is 10.0. The van der Waals surface area contributed by atoms with Crippen LogP contribution in [0.1, 0.15) is 39.3 Å². The second-order valence-electron chi connectivity index (χ2n) is 6.32. The van der Waals surface area contributed by atoms with E-state index in [1.165, 1.54) is 38.2 Å². The molecule has 0 aromatic carbocycles. The van der Waals surface area contributed by atoms with Crippen molar-refractivity contribution in [3.63, 3.8) is 0 Å². The number of pyridine rings is 1. The van der Waals surface area contributed by atoms with Crippen molar-refractivity contribution < 1.29 is 0 Å². The van der Waals surface area contributed by atoms with Gasteiger partial charge in [0.2, 0.25) is 0 Å². The molecule has 4 nitrogen and oxygen atoms in total. The molecule has 4 heteroatoms. The molecule has 118 valence electrons. The van der Waals surface area contributed by atoms with E-state index in [0.717, 1.165) is 12.2 Å². The van der Waals surface area contributed by atoms with Gasteiger partial charge in [-0.1, -0.05) is 20.8 Å². The van der Waals surface area contributed by atoms with Gasteiger partial charge >= 0.3 is 0 Å². The zero-order valence-electron chi connectivity index (χ0n) is 14.0. The predicted molar refractivity (Wildman–Crippen MR) is 89.8 cm³/mol. The lowest BCUT2D eigenvalue weighted by molar-refractivity contribution is 0.221. The summed E-state index contributed by atoms with van der Waals surface area (Å²) < 4.78 is 0. The third kappa shape index (κ3) is 4.68. The summed E-state index contributed by atoms with van der Waals surface area (Å²) in [6.45, 7) is 11.0. The smallest absolute Gasteiger partial charge is 0.0562 e. The monoisotopic (exact) mass is 290 g/mol. The van der Waals surface area contributed by atoms with Crippen LogP contribution in [0.5, 0.6) is 0 Å². The zero-order valence-corrected chi connectivity index (χ0v) is 14.0. The Morgan fingerprint density at radius 2 is 2.10 bits per heavy atom. The Labute approximate surface area is 129 Å². The largest absolute Gasteiger partial charge is 0.371 e. The van der Waals surface area contributed by atoms with Gasteiger partial charge in [-0.3, -0.25) is 4.98 Å². The number of hydrogen-bond donors (Lipinski definition) is 1. The van der Waals surface area contributed by atoms with Gasteiger partial charge in [0.25, 0.3) is 0 Å². The van der Waals surface area contributed by atoms with Crippen molar-refractivity contribution >= 4 is 5.69 Å². The third-order valence-electron chi connectivity index (χ3n) is 4.45. The molecule has 1 aromatic rings. The fraction of sp³-hybridized carbons (Fsp3) is 0.706. The second-order valence-corrected chi connectivity index (χ2v) is 6.32. The van der Waals surface area contributed by atoms with Crippen molar-refractivity contribution in [3.8, 4) is 0 Å². The van der Waals surface area contributed by atoms with E-state index in [1.807, 2.05) is 6.20 Å². The molecule has 0 atom stereocenters. The molecule has 0 saturated carbocycles. The van der Waals surface area contributed by atoms with Gasteiger partial charge < -0.3 is 15.1 Å². The summed E-state index contributed by atoms with van der Waals surface area (Å²) in [5.74, 6) is 0. The first-order valence-electron chi connectivity index (χ1n) is 8.23. The number of nitrogens with zero attached hydrogens (tertiary/aromatic N) is 3. The highest BCUT2D eigenvalue weighted by atomic mass is 15.2. The minimum Gasteiger partial charge on any atom is -0.371 e. The van der Waals surface area contributed by atoms with Gasteiger partial charge in [0.05, 0.1) is 5.69 Å². The van der Waals surface area contributed by atoms with E-state index in [0.29, 0.717) is 12.1 Å². The average molecular weight is 290 g/mol. The maximum Gasteiger partial charge on any atom is 0.0562 e. The highest BCUT2D eigenvalue weighted by molar-refractivity contribution is 5.46. The molecule has 0 radical (unpaired) electrons. The van der Waals surface area contributed by atoms with Crippen LogP contribution in [0.4, 0.5) is 5.69 Å². The molecule has 1 saturated heterocycles. The van der Waals surface area contributed by atoms with Crippen LogP contribution < -0.4 is 10.2 Å². The Kier molecular flexibility index (Phi) is 6.00. The molecule has 1 fully saturated rings. The van der Waals surface area contributed by atoms with E-state index in [-0.39, 0.29) is 0 Å². The second kappa shape index (κ2) is 7.76. The molecule has 0 unspecified atom stereocenters. The molecule has 0 amide bonds. The molecule has 0 bridgehead atoms. The minimum atomic E-state index is 0.492. The molecule has 1 aromatic heterocycles. The first-order chi connectivity index (χ1) is 10.1. The standard InChI is InChI=1S/C17H30N4/c1-5-21-10-7-16(8-11-21)20(4)17-6-9-18-15(12-17)13-19-14(2)3/h6,9,12,14,16,19H,5,7-8,10-11,13H2,1-4H3. The number of aromatic nitrogens is 1. The molecule has 1 aliphatic heterocycles. The number of nitrogens with one attached hydrogen (secondary N) is 1. The molecule has 0 aliphatic carbocycles. The van der Waals surface area contributed by atoms with E-state index in [1.54, 1.807) is 0 Å². The Morgan fingerprint density at radius 3 is 2.71 bits per heavy atom. The van der Waals surface area contributed by atoms with Crippen LogP contribution in [0.3, 0.4) is 0 Å². The summed E-state index contributed by atoms with van der Waals surface area (Å²) >= 11 is 0. The lowest BCUT2D eigenvalue weighted by Gasteiger charge is -2.37. The maximum atomic E-state index is 4.47. The van der Waals surface area contributed by atoms with Gasteiger partial charge in [0, 0.05) is 50.6 Å². The van der Waals surface area contributed by atoms with Crippen LogP contribution in [0.2, 0.25) is 0 Å². The number of piperidine rings is 1. The van der Waals surface area contributed by atoms with E-state index in [2.05, 4.69) is 60.1 Å². The molecular weight excluding hydrogens is 260 g/mol.